The van der Waals surface area contributed by atoms with Gasteiger partial charge >= 0.3 is 6.03 Å². The predicted octanol–water partition coefficient (Wildman–Crippen LogP) is 2.26. The van der Waals surface area contributed by atoms with Crippen molar-refractivity contribution < 1.29 is 13.2 Å². The predicted molar refractivity (Wildman–Crippen MR) is 82.3 cm³/mol. The standard InChI is InChI=1S/C13H13ClN4O3S/c1-8-9(2)15-12(16-11(8)14)17-13(19)18-22(20,21)10-6-4-3-5-7-10/h3-7H,1-2H3,(H2,15,16,17,18,19). The molecule has 22 heavy (non-hydrogen) atoms. The molecule has 116 valence electrons. The zero-order valence-corrected chi connectivity index (χ0v) is 13.4. The highest BCUT2D eigenvalue weighted by Crippen LogP contribution is 2.16. The van der Waals surface area contributed by atoms with Crippen molar-refractivity contribution in [1.29, 1.82) is 0 Å². The minimum atomic E-state index is -3.96. The highest BCUT2D eigenvalue weighted by Gasteiger charge is 2.18. The normalized spacial score (nSPS) is 11.0. The first-order chi connectivity index (χ1) is 10.3. The van der Waals surface area contributed by atoms with Crippen molar-refractivity contribution in [3.8, 4) is 0 Å². The van der Waals surface area contributed by atoms with Gasteiger partial charge in [-0.3, -0.25) is 5.32 Å². The fourth-order valence-corrected chi connectivity index (χ4v) is 2.70. The maximum atomic E-state index is 12.0. The Balaban J connectivity index is 2.14. The van der Waals surface area contributed by atoms with Crippen LogP contribution in [-0.4, -0.2) is 24.4 Å². The van der Waals surface area contributed by atoms with Gasteiger partial charge in [0.2, 0.25) is 5.95 Å². The van der Waals surface area contributed by atoms with E-state index in [1.165, 1.54) is 12.1 Å². The van der Waals surface area contributed by atoms with E-state index in [1.54, 1.807) is 32.0 Å². The molecule has 0 saturated heterocycles. The number of amides is 2. The number of sulfonamides is 1. The number of carbonyl (C=O) groups excluding carboxylic acids is 1. The van der Waals surface area contributed by atoms with Crippen LogP contribution in [0.25, 0.3) is 0 Å². The van der Waals surface area contributed by atoms with Crippen LogP contribution < -0.4 is 10.0 Å². The van der Waals surface area contributed by atoms with Gasteiger partial charge < -0.3 is 0 Å². The Kier molecular flexibility index (Phi) is 4.62. The Morgan fingerprint density at radius 3 is 2.36 bits per heavy atom. The molecule has 0 aliphatic rings. The van der Waals surface area contributed by atoms with Crippen LogP contribution in [0.15, 0.2) is 35.2 Å². The van der Waals surface area contributed by atoms with Gasteiger partial charge in [0.15, 0.2) is 0 Å². The highest BCUT2D eigenvalue weighted by molar-refractivity contribution is 7.90. The third-order valence-electron chi connectivity index (χ3n) is 2.84. The molecular weight excluding hydrogens is 328 g/mol. The van der Waals surface area contributed by atoms with E-state index in [9.17, 15) is 13.2 Å². The van der Waals surface area contributed by atoms with Gasteiger partial charge in [-0.05, 0) is 26.0 Å². The van der Waals surface area contributed by atoms with Crippen molar-refractivity contribution in [3.63, 3.8) is 0 Å². The van der Waals surface area contributed by atoms with Gasteiger partial charge in [-0.25, -0.2) is 27.9 Å². The summed E-state index contributed by atoms with van der Waals surface area (Å²) in [5.74, 6) is -0.0751. The Bertz CT molecular complexity index is 786. The average molecular weight is 341 g/mol. The maximum Gasteiger partial charge on any atom is 0.335 e. The lowest BCUT2D eigenvalue weighted by molar-refractivity contribution is 0.256. The first-order valence-electron chi connectivity index (χ1n) is 6.19. The largest absolute Gasteiger partial charge is 0.335 e. The molecule has 2 aromatic rings. The molecule has 0 bridgehead atoms. The summed E-state index contributed by atoms with van der Waals surface area (Å²) in [4.78, 5) is 19.6. The molecule has 0 aliphatic heterocycles. The molecule has 0 aliphatic carbocycles. The van der Waals surface area contributed by atoms with E-state index in [2.05, 4.69) is 15.3 Å². The van der Waals surface area contributed by atoms with Gasteiger partial charge in [0.1, 0.15) is 5.15 Å². The van der Waals surface area contributed by atoms with Crippen molar-refractivity contribution in [2.75, 3.05) is 5.32 Å². The number of nitrogens with one attached hydrogen (secondary N) is 2. The molecule has 0 saturated carbocycles. The van der Waals surface area contributed by atoms with E-state index < -0.39 is 16.1 Å². The number of hydrogen-bond acceptors (Lipinski definition) is 5. The molecular formula is C13H13ClN4O3S. The molecule has 2 amide bonds. The Morgan fingerprint density at radius 2 is 1.77 bits per heavy atom. The topological polar surface area (TPSA) is 101 Å². The van der Waals surface area contributed by atoms with Crippen LogP contribution in [-0.2, 0) is 10.0 Å². The monoisotopic (exact) mass is 340 g/mol. The van der Waals surface area contributed by atoms with E-state index in [-0.39, 0.29) is 16.0 Å². The lowest BCUT2D eigenvalue weighted by Gasteiger charge is -2.09. The summed E-state index contributed by atoms with van der Waals surface area (Å²) < 4.78 is 25.8. The molecule has 2 N–H and O–H groups in total. The SMILES string of the molecule is Cc1nc(NC(=O)NS(=O)(=O)c2ccccc2)nc(Cl)c1C. The second kappa shape index (κ2) is 6.29. The van der Waals surface area contributed by atoms with Crippen LogP contribution in [0.1, 0.15) is 11.3 Å². The smallest absolute Gasteiger partial charge is 0.275 e. The molecule has 9 heteroatoms. The Morgan fingerprint density at radius 1 is 1.14 bits per heavy atom. The number of halogens is 1. The summed E-state index contributed by atoms with van der Waals surface area (Å²) in [6.07, 6.45) is 0. The van der Waals surface area contributed by atoms with Gasteiger partial charge in [-0.1, -0.05) is 29.8 Å². The number of rotatable bonds is 3. The summed E-state index contributed by atoms with van der Waals surface area (Å²) in [7, 11) is -3.96. The number of nitrogens with zero attached hydrogens (tertiary/aromatic N) is 2. The molecule has 7 nitrogen and oxygen atoms in total. The quantitative estimate of drug-likeness (QED) is 0.834. The third-order valence-corrected chi connectivity index (χ3v) is 4.55. The molecule has 1 heterocycles. The van der Waals surface area contributed by atoms with Crippen molar-refractivity contribution in [2.24, 2.45) is 0 Å². The molecule has 1 aromatic heterocycles. The third kappa shape index (κ3) is 3.71. The van der Waals surface area contributed by atoms with Gasteiger partial charge in [0.05, 0.1) is 4.90 Å². The second-order valence-electron chi connectivity index (χ2n) is 4.42. The molecule has 0 fully saturated rings. The van der Waals surface area contributed by atoms with Crippen LogP contribution >= 0.6 is 11.6 Å². The van der Waals surface area contributed by atoms with Gasteiger partial charge in [-0.15, -0.1) is 0 Å². The number of aromatic nitrogens is 2. The van der Waals surface area contributed by atoms with E-state index in [0.29, 0.717) is 11.3 Å². The van der Waals surface area contributed by atoms with Crippen LogP contribution in [0.2, 0.25) is 5.15 Å². The lowest BCUT2D eigenvalue weighted by Crippen LogP contribution is -2.34. The van der Waals surface area contributed by atoms with E-state index in [4.69, 9.17) is 11.6 Å². The van der Waals surface area contributed by atoms with Crippen LogP contribution in [0.3, 0.4) is 0 Å². The van der Waals surface area contributed by atoms with Crippen LogP contribution in [0.5, 0.6) is 0 Å². The fraction of sp³-hybridized carbons (Fsp3) is 0.154. The number of hydrogen-bond donors (Lipinski definition) is 2. The molecule has 0 atom stereocenters. The maximum absolute atomic E-state index is 12.0. The zero-order chi connectivity index (χ0) is 16.3. The number of carbonyl (C=O) groups is 1. The minimum Gasteiger partial charge on any atom is -0.275 e. The first kappa shape index (κ1) is 16.2. The number of benzene rings is 1. The van der Waals surface area contributed by atoms with E-state index in [1.807, 2.05) is 4.72 Å². The van der Waals surface area contributed by atoms with Gasteiger partial charge in [0.25, 0.3) is 10.0 Å². The van der Waals surface area contributed by atoms with Crippen LogP contribution in [0.4, 0.5) is 10.7 Å². The number of aryl methyl sites for hydroxylation is 1. The molecule has 0 radical (unpaired) electrons. The first-order valence-corrected chi connectivity index (χ1v) is 8.05. The molecule has 2 rings (SSSR count). The summed E-state index contributed by atoms with van der Waals surface area (Å²) in [6, 6.07) is 6.56. The zero-order valence-electron chi connectivity index (χ0n) is 11.8. The van der Waals surface area contributed by atoms with Gasteiger partial charge in [0, 0.05) is 11.3 Å². The number of urea groups is 1. The molecule has 0 spiro atoms. The van der Waals surface area contributed by atoms with Crippen molar-refractivity contribution in [1.82, 2.24) is 14.7 Å². The average Bonchev–Trinajstić information content (AvgIpc) is 2.45. The summed E-state index contributed by atoms with van der Waals surface area (Å²) >= 11 is 5.89. The van der Waals surface area contributed by atoms with Crippen molar-refractivity contribution in [3.05, 3.63) is 46.7 Å². The second-order valence-corrected chi connectivity index (χ2v) is 6.46. The molecule has 1 aromatic carbocycles. The highest BCUT2D eigenvalue weighted by atomic mass is 35.5. The Hall–Kier alpha value is -2.19. The lowest BCUT2D eigenvalue weighted by atomic mass is 10.3. The summed E-state index contributed by atoms with van der Waals surface area (Å²) in [6.45, 7) is 3.44. The minimum absolute atomic E-state index is 0.0239. The van der Waals surface area contributed by atoms with Gasteiger partial charge in [-0.2, -0.15) is 0 Å². The van der Waals surface area contributed by atoms with E-state index >= 15 is 0 Å². The Labute approximate surface area is 132 Å². The fourth-order valence-electron chi connectivity index (χ4n) is 1.56. The summed E-state index contributed by atoms with van der Waals surface area (Å²) in [5.41, 5.74) is 1.27. The van der Waals surface area contributed by atoms with Crippen molar-refractivity contribution in [2.45, 2.75) is 18.7 Å². The molecule has 0 unspecified atom stereocenters. The number of anilines is 1. The van der Waals surface area contributed by atoms with Crippen molar-refractivity contribution >= 4 is 33.6 Å². The van der Waals surface area contributed by atoms with E-state index in [0.717, 1.165) is 0 Å². The summed E-state index contributed by atoms with van der Waals surface area (Å²) in [5, 5.41) is 2.43. The van der Waals surface area contributed by atoms with Crippen LogP contribution in [0, 0.1) is 13.8 Å².